The Kier molecular flexibility index (Phi) is 8.17. The third-order valence-corrected chi connectivity index (χ3v) is 12.2. The summed E-state index contributed by atoms with van der Waals surface area (Å²) in [7, 11) is 0. The number of aromatic nitrogens is 1. The van der Waals surface area contributed by atoms with Gasteiger partial charge < -0.3 is 13.9 Å². The molecule has 286 valence electrons. The lowest BCUT2D eigenvalue weighted by molar-refractivity contribution is 0.669. The van der Waals surface area contributed by atoms with Crippen LogP contribution in [0.1, 0.15) is 0 Å². The summed E-state index contributed by atoms with van der Waals surface area (Å²) in [6.07, 6.45) is 0. The first-order valence-corrected chi connectivity index (χ1v) is 20.8. The van der Waals surface area contributed by atoms with Gasteiger partial charge >= 0.3 is 0 Å². The lowest BCUT2D eigenvalue weighted by Crippen LogP contribution is -2.09. The number of para-hydroxylation sites is 3. The van der Waals surface area contributed by atoms with Gasteiger partial charge in [0.2, 0.25) is 0 Å². The van der Waals surface area contributed by atoms with Crippen LogP contribution in [0.15, 0.2) is 235 Å². The number of anilines is 3. The Balaban J connectivity index is 0.984. The van der Waals surface area contributed by atoms with E-state index in [0.717, 1.165) is 50.3 Å². The number of fused-ring (bicyclic) bond motifs is 8. The monoisotopic (exact) mass is 778 g/mol. The van der Waals surface area contributed by atoms with Crippen LogP contribution >= 0.6 is 0 Å². The van der Waals surface area contributed by atoms with Gasteiger partial charge in [-0.1, -0.05) is 158 Å². The number of benzene rings is 10. The zero-order valence-electron chi connectivity index (χ0n) is 33.2. The minimum Gasteiger partial charge on any atom is -0.456 e. The zero-order chi connectivity index (χ0) is 40.3. The molecule has 0 atom stereocenters. The van der Waals surface area contributed by atoms with Crippen LogP contribution in [-0.4, -0.2) is 4.57 Å². The van der Waals surface area contributed by atoms with E-state index in [0.29, 0.717) is 0 Å². The predicted molar refractivity (Wildman–Crippen MR) is 257 cm³/mol. The molecule has 0 unspecified atom stereocenters. The highest BCUT2D eigenvalue weighted by molar-refractivity contribution is 6.25. The molecule has 12 aromatic rings. The summed E-state index contributed by atoms with van der Waals surface area (Å²) in [6.45, 7) is 0. The molecule has 0 bridgehead atoms. The fourth-order valence-electron chi connectivity index (χ4n) is 9.40. The van der Waals surface area contributed by atoms with Crippen LogP contribution in [0.5, 0.6) is 0 Å². The maximum Gasteiger partial charge on any atom is 0.137 e. The summed E-state index contributed by atoms with van der Waals surface area (Å²) >= 11 is 0. The molecule has 2 aromatic heterocycles. The summed E-state index contributed by atoms with van der Waals surface area (Å²) in [5, 5.41) is 7.07. The highest BCUT2D eigenvalue weighted by atomic mass is 16.3. The van der Waals surface area contributed by atoms with Crippen molar-refractivity contribution in [2.75, 3.05) is 4.90 Å². The molecule has 12 rings (SSSR count). The van der Waals surface area contributed by atoms with Gasteiger partial charge in [0.1, 0.15) is 11.2 Å². The Labute approximate surface area is 353 Å². The van der Waals surface area contributed by atoms with E-state index < -0.39 is 0 Å². The van der Waals surface area contributed by atoms with Crippen molar-refractivity contribution < 1.29 is 4.42 Å². The van der Waals surface area contributed by atoms with Crippen molar-refractivity contribution in [2.24, 2.45) is 0 Å². The topological polar surface area (TPSA) is 21.3 Å². The Morgan fingerprint density at radius 1 is 0.311 bits per heavy atom. The molecule has 0 saturated carbocycles. The van der Waals surface area contributed by atoms with Crippen molar-refractivity contribution in [3.05, 3.63) is 231 Å². The van der Waals surface area contributed by atoms with E-state index in [1.54, 1.807) is 0 Å². The van der Waals surface area contributed by atoms with E-state index >= 15 is 0 Å². The highest BCUT2D eigenvalue weighted by Crippen LogP contribution is 2.46. The van der Waals surface area contributed by atoms with E-state index in [4.69, 9.17) is 4.42 Å². The Morgan fingerprint density at radius 2 is 0.852 bits per heavy atom. The summed E-state index contributed by atoms with van der Waals surface area (Å²) in [5.74, 6) is 0. The minimum absolute atomic E-state index is 0.852. The first-order chi connectivity index (χ1) is 30.3. The summed E-state index contributed by atoms with van der Waals surface area (Å²) in [5.41, 5.74) is 15.6. The standard InChI is InChI=1S/C58H38N2O/c1-4-15-39(16-5-1)40-27-29-41(30-28-40)42-31-33-45(34-32-42)59(43-17-6-2-7-18-43)46-35-36-51-55(37-46)61-56-38-52(47-21-10-11-22-48(47)58(51)56)49-24-14-26-54-57(49)50-23-12-13-25-53(50)60(54)44-19-8-3-9-20-44/h1-38H. The fraction of sp³-hybridized carbons (Fsp3) is 0. The van der Waals surface area contributed by atoms with E-state index in [9.17, 15) is 0 Å². The molecule has 0 saturated heterocycles. The molecule has 0 aliphatic carbocycles. The molecule has 0 radical (unpaired) electrons. The first kappa shape index (κ1) is 34.9. The van der Waals surface area contributed by atoms with Gasteiger partial charge in [-0.05, 0) is 111 Å². The van der Waals surface area contributed by atoms with Gasteiger partial charge in [0, 0.05) is 50.4 Å². The van der Waals surface area contributed by atoms with Crippen LogP contribution in [-0.2, 0) is 0 Å². The van der Waals surface area contributed by atoms with Gasteiger partial charge in [0.25, 0.3) is 0 Å². The number of hydrogen-bond acceptors (Lipinski definition) is 2. The van der Waals surface area contributed by atoms with Gasteiger partial charge in [0.15, 0.2) is 0 Å². The quantitative estimate of drug-likeness (QED) is 0.161. The molecule has 0 fully saturated rings. The minimum atomic E-state index is 0.852. The number of furan rings is 1. The molecule has 10 aromatic carbocycles. The molecule has 3 heteroatoms. The van der Waals surface area contributed by atoms with Crippen LogP contribution in [0, 0.1) is 0 Å². The average molecular weight is 779 g/mol. The van der Waals surface area contributed by atoms with Crippen LogP contribution in [0.3, 0.4) is 0 Å². The van der Waals surface area contributed by atoms with Crippen molar-refractivity contribution in [3.8, 4) is 39.1 Å². The summed E-state index contributed by atoms with van der Waals surface area (Å²) in [4.78, 5) is 2.31. The molecule has 0 aliphatic rings. The second-order valence-corrected chi connectivity index (χ2v) is 15.7. The van der Waals surface area contributed by atoms with Crippen LogP contribution < -0.4 is 4.90 Å². The lowest BCUT2D eigenvalue weighted by Gasteiger charge is -2.25. The smallest absolute Gasteiger partial charge is 0.137 e. The van der Waals surface area contributed by atoms with Gasteiger partial charge in [-0.15, -0.1) is 0 Å². The molecule has 0 aliphatic heterocycles. The van der Waals surface area contributed by atoms with Gasteiger partial charge in [0.05, 0.1) is 11.0 Å². The number of nitrogens with zero attached hydrogens (tertiary/aromatic N) is 2. The zero-order valence-corrected chi connectivity index (χ0v) is 33.2. The molecule has 0 spiro atoms. The number of rotatable bonds is 7. The van der Waals surface area contributed by atoms with Crippen molar-refractivity contribution in [1.29, 1.82) is 0 Å². The molecule has 2 heterocycles. The Bertz CT molecular complexity index is 3550. The largest absolute Gasteiger partial charge is 0.456 e. The summed E-state index contributed by atoms with van der Waals surface area (Å²) in [6, 6.07) is 82.6. The van der Waals surface area contributed by atoms with Crippen LogP contribution in [0.2, 0.25) is 0 Å². The van der Waals surface area contributed by atoms with E-state index in [2.05, 4.69) is 240 Å². The van der Waals surface area contributed by atoms with Gasteiger partial charge in [-0.3, -0.25) is 0 Å². The molecule has 61 heavy (non-hydrogen) atoms. The maximum atomic E-state index is 6.95. The molecule has 0 amide bonds. The Hall–Kier alpha value is -8.14. The van der Waals surface area contributed by atoms with E-state index in [-0.39, 0.29) is 0 Å². The highest BCUT2D eigenvalue weighted by Gasteiger charge is 2.21. The fourth-order valence-corrected chi connectivity index (χ4v) is 9.40. The van der Waals surface area contributed by atoms with Crippen LogP contribution in [0.4, 0.5) is 17.1 Å². The maximum absolute atomic E-state index is 6.95. The normalized spacial score (nSPS) is 11.6. The molecule has 0 N–H and O–H groups in total. The second kappa shape index (κ2) is 14.3. The SMILES string of the molecule is c1ccc(-c2ccc(-c3ccc(N(c4ccccc4)c4ccc5c(c4)oc4cc(-c6cccc7c6c6ccccc6n7-c6ccccc6)c6ccccc6c45)cc3)cc2)cc1. The van der Waals surface area contributed by atoms with Crippen molar-refractivity contribution in [2.45, 2.75) is 0 Å². The van der Waals surface area contributed by atoms with Gasteiger partial charge in [-0.2, -0.15) is 0 Å². The van der Waals surface area contributed by atoms with Crippen molar-refractivity contribution in [1.82, 2.24) is 4.57 Å². The third kappa shape index (κ3) is 5.82. The second-order valence-electron chi connectivity index (χ2n) is 15.7. The van der Waals surface area contributed by atoms with Gasteiger partial charge in [-0.25, -0.2) is 0 Å². The molecular weight excluding hydrogens is 741 g/mol. The molecule has 3 nitrogen and oxygen atoms in total. The summed E-state index contributed by atoms with van der Waals surface area (Å²) < 4.78 is 9.33. The number of hydrogen-bond donors (Lipinski definition) is 0. The predicted octanol–water partition coefficient (Wildman–Crippen LogP) is 16.3. The molecular formula is C58H38N2O. The van der Waals surface area contributed by atoms with Crippen molar-refractivity contribution >= 4 is 71.6 Å². The average Bonchev–Trinajstić information content (AvgIpc) is 3.88. The first-order valence-electron chi connectivity index (χ1n) is 20.8. The van der Waals surface area contributed by atoms with Crippen LogP contribution in [0.25, 0.3) is 93.6 Å². The third-order valence-electron chi connectivity index (χ3n) is 12.2. The van der Waals surface area contributed by atoms with E-state index in [1.165, 1.54) is 60.4 Å². The Morgan fingerprint density at radius 3 is 1.57 bits per heavy atom. The van der Waals surface area contributed by atoms with Crippen molar-refractivity contribution in [3.63, 3.8) is 0 Å². The van der Waals surface area contributed by atoms with E-state index in [1.807, 2.05) is 0 Å². The lowest BCUT2D eigenvalue weighted by atomic mass is 9.92.